The average Bonchev–Trinajstić information content (AvgIpc) is 2.40. The van der Waals surface area contributed by atoms with Crippen molar-refractivity contribution in [2.75, 3.05) is 0 Å². The van der Waals surface area contributed by atoms with Crippen LogP contribution in [0.25, 0.3) is 0 Å². The summed E-state index contributed by atoms with van der Waals surface area (Å²) in [7, 11) is 0. The minimum atomic E-state index is -0.841. The molecule has 2 amide bonds. The highest BCUT2D eigenvalue weighted by molar-refractivity contribution is 6.35. The molecule has 0 radical (unpaired) electrons. The number of hydrogen-bond acceptors (Lipinski definition) is 4. The molecule has 0 unspecified atom stereocenters. The van der Waals surface area contributed by atoms with Crippen molar-refractivity contribution in [3.8, 4) is 5.75 Å². The number of carbonyl (C=O) groups is 2. The molecule has 0 aliphatic carbocycles. The molecule has 0 fully saturated rings. The van der Waals surface area contributed by atoms with Crippen LogP contribution in [0.2, 0.25) is 0 Å². The molecule has 0 saturated carbocycles. The molecule has 6 heteroatoms. The van der Waals surface area contributed by atoms with Crippen LogP contribution < -0.4 is 10.7 Å². The van der Waals surface area contributed by atoms with Crippen molar-refractivity contribution < 1.29 is 14.7 Å². The van der Waals surface area contributed by atoms with E-state index in [1.165, 1.54) is 12.3 Å². The molecule has 1 atom stereocenters. The van der Waals surface area contributed by atoms with E-state index in [0.717, 1.165) is 6.42 Å². The molecule has 0 saturated heterocycles. The number of hydrazone groups is 1. The van der Waals surface area contributed by atoms with Crippen LogP contribution in [0.5, 0.6) is 5.75 Å². The zero-order valence-electron chi connectivity index (χ0n) is 10.9. The first-order valence-electron chi connectivity index (χ1n) is 5.96. The Morgan fingerprint density at radius 2 is 2.05 bits per heavy atom. The van der Waals surface area contributed by atoms with Gasteiger partial charge in [-0.15, -0.1) is 0 Å². The third-order valence-electron chi connectivity index (χ3n) is 2.50. The number of carbonyl (C=O) groups excluding carboxylic acids is 2. The van der Waals surface area contributed by atoms with Gasteiger partial charge in [-0.2, -0.15) is 5.10 Å². The van der Waals surface area contributed by atoms with Crippen molar-refractivity contribution in [3.63, 3.8) is 0 Å². The zero-order valence-corrected chi connectivity index (χ0v) is 10.9. The molecule has 1 rings (SSSR count). The van der Waals surface area contributed by atoms with Crippen molar-refractivity contribution in [3.05, 3.63) is 29.8 Å². The number of aromatic hydroxyl groups is 1. The number of phenols is 1. The van der Waals surface area contributed by atoms with E-state index in [-0.39, 0.29) is 11.8 Å². The highest BCUT2D eigenvalue weighted by Gasteiger charge is 2.14. The molecule has 0 heterocycles. The first-order chi connectivity index (χ1) is 9.04. The number of phenolic OH excluding ortho intramolecular Hbond substituents is 1. The van der Waals surface area contributed by atoms with E-state index in [4.69, 9.17) is 0 Å². The first kappa shape index (κ1) is 14.7. The summed E-state index contributed by atoms with van der Waals surface area (Å²) in [5.41, 5.74) is 2.54. The maximum Gasteiger partial charge on any atom is 0.329 e. The molecule has 0 aromatic heterocycles. The van der Waals surface area contributed by atoms with E-state index in [1.807, 2.05) is 6.92 Å². The van der Waals surface area contributed by atoms with Crippen LogP contribution in [0.4, 0.5) is 0 Å². The van der Waals surface area contributed by atoms with Gasteiger partial charge in [-0.05, 0) is 25.5 Å². The van der Waals surface area contributed by atoms with Crippen molar-refractivity contribution in [1.82, 2.24) is 10.7 Å². The van der Waals surface area contributed by atoms with Gasteiger partial charge in [0.05, 0.1) is 6.21 Å². The molecule has 19 heavy (non-hydrogen) atoms. The second-order valence-electron chi connectivity index (χ2n) is 4.04. The van der Waals surface area contributed by atoms with Crippen LogP contribution in [0, 0.1) is 0 Å². The van der Waals surface area contributed by atoms with E-state index in [2.05, 4.69) is 15.8 Å². The van der Waals surface area contributed by atoms with Crippen LogP contribution in [0.3, 0.4) is 0 Å². The number of nitrogens with zero attached hydrogens (tertiary/aromatic N) is 1. The minimum Gasteiger partial charge on any atom is -0.507 e. The highest BCUT2D eigenvalue weighted by atomic mass is 16.3. The monoisotopic (exact) mass is 263 g/mol. The second-order valence-corrected chi connectivity index (χ2v) is 4.04. The zero-order chi connectivity index (χ0) is 14.3. The number of rotatable bonds is 4. The standard InChI is InChI=1S/C13H17N3O3/c1-3-9(2)15-12(18)13(19)16-14-8-10-6-4-5-7-11(10)17/h4-9,17H,3H2,1-2H3,(H,15,18)(H,16,19)/b14-8-/t9-/m0/s1. The summed E-state index contributed by atoms with van der Waals surface area (Å²) in [6.45, 7) is 3.70. The molecule has 0 bridgehead atoms. The van der Waals surface area contributed by atoms with Gasteiger partial charge in [0.25, 0.3) is 0 Å². The van der Waals surface area contributed by atoms with Gasteiger partial charge in [-0.1, -0.05) is 19.1 Å². The summed E-state index contributed by atoms with van der Waals surface area (Å²) >= 11 is 0. The van der Waals surface area contributed by atoms with Gasteiger partial charge in [0.15, 0.2) is 0 Å². The lowest BCUT2D eigenvalue weighted by Gasteiger charge is -2.09. The lowest BCUT2D eigenvalue weighted by Crippen LogP contribution is -2.41. The first-order valence-corrected chi connectivity index (χ1v) is 5.96. The van der Waals surface area contributed by atoms with Crippen LogP contribution in [0.15, 0.2) is 29.4 Å². The predicted octanol–water partition coefficient (Wildman–Crippen LogP) is 0.757. The summed E-state index contributed by atoms with van der Waals surface area (Å²) in [5.74, 6) is -1.53. The minimum absolute atomic E-state index is 0.0459. The third-order valence-corrected chi connectivity index (χ3v) is 2.50. The smallest absolute Gasteiger partial charge is 0.329 e. The largest absolute Gasteiger partial charge is 0.507 e. The molecule has 6 nitrogen and oxygen atoms in total. The maximum absolute atomic E-state index is 11.4. The molecule has 0 aliphatic heterocycles. The van der Waals surface area contributed by atoms with Crippen LogP contribution in [0.1, 0.15) is 25.8 Å². The summed E-state index contributed by atoms with van der Waals surface area (Å²) in [5, 5.41) is 15.6. The van der Waals surface area contributed by atoms with Crippen molar-refractivity contribution in [1.29, 1.82) is 0 Å². The Kier molecular flexibility index (Phi) is 5.53. The summed E-state index contributed by atoms with van der Waals surface area (Å²) in [6.07, 6.45) is 2.00. The van der Waals surface area contributed by atoms with E-state index in [0.29, 0.717) is 5.56 Å². The Labute approximate surface area is 111 Å². The summed E-state index contributed by atoms with van der Waals surface area (Å²) in [6, 6.07) is 6.45. The van der Waals surface area contributed by atoms with Gasteiger partial charge >= 0.3 is 11.8 Å². The Hall–Kier alpha value is -2.37. The lowest BCUT2D eigenvalue weighted by molar-refractivity contribution is -0.139. The Balaban J connectivity index is 2.50. The molecule has 0 aliphatic rings. The van der Waals surface area contributed by atoms with Crippen molar-refractivity contribution in [2.45, 2.75) is 26.3 Å². The maximum atomic E-state index is 11.4. The van der Waals surface area contributed by atoms with E-state index < -0.39 is 11.8 Å². The number of amides is 2. The summed E-state index contributed by atoms with van der Waals surface area (Å²) in [4.78, 5) is 22.7. The van der Waals surface area contributed by atoms with Gasteiger partial charge < -0.3 is 10.4 Å². The van der Waals surface area contributed by atoms with E-state index >= 15 is 0 Å². The molecule has 1 aromatic rings. The fourth-order valence-electron chi connectivity index (χ4n) is 1.20. The van der Waals surface area contributed by atoms with Gasteiger partial charge in [-0.25, -0.2) is 5.43 Å². The van der Waals surface area contributed by atoms with Gasteiger partial charge in [0.1, 0.15) is 5.75 Å². The Morgan fingerprint density at radius 1 is 1.37 bits per heavy atom. The topological polar surface area (TPSA) is 90.8 Å². The molecule has 102 valence electrons. The van der Waals surface area contributed by atoms with E-state index in [1.54, 1.807) is 25.1 Å². The summed E-state index contributed by atoms with van der Waals surface area (Å²) < 4.78 is 0. The van der Waals surface area contributed by atoms with Gasteiger partial charge in [-0.3, -0.25) is 9.59 Å². The van der Waals surface area contributed by atoms with Crippen molar-refractivity contribution in [2.24, 2.45) is 5.10 Å². The molecular weight excluding hydrogens is 246 g/mol. The van der Waals surface area contributed by atoms with Gasteiger partial charge in [0.2, 0.25) is 0 Å². The molecule has 0 spiro atoms. The molecule has 3 N–H and O–H groups in total. The highest BCUT2D eigenvalue weighted by Crippen LogP contribution is 2.12. The van der Waals surface area contributed by atoms with Crippen LogP contribution in [-0.2, 0) is 9.59 Å². The number of benzene rings is 1. The number of hydrogen-bond donors (Lipinski definition) is 3. The number of para-hydroxylation sites is 1. The van der Waals surface area contributed by atoms with Gasteiger partial charge in [0, 0.05) is 11.6 Å². The van der Waals surface area contributed by atoms with Crippen molar-refractivity contribution >= 4 is 18.0 Å². The fourth-order valence-corrected chi connectivity index (χ4v) is 1.20. The normalized spacial score (nSPS) is 12.1. The quantitative estimate of drug-likeness (QED) is 0.425. The average molecular weight is 263 g/mol. The van der Waals surface area contributed by atoms with Crippen LogP contribution in [-0.4, -0.2) is 29.2 Å². The third kappa shape index (κ3) is 4.79. The van der Waals surface area contributed by atoms with E-state index in [9.17, 15) is 14.7 Å². The SMILES string of the molecule is CC[C@H](C)NC(=O)C(=O)N/N=C\c1ccccc1O. The lowest BCUT2D eigenvalue weighted by atomic mass is 10.2. The fraction of sp³-hybridized carbons (Fsp3) is 0.308. The predicted molar refractivity (Wildman–Crippen MR) is 71.7 cm³/mol. The Bertz CT molecular complexity index is 486. The molecular formula is C13H17N3O3. The second kappa shape index (κ2) is 7.15. The molecule has 1 aromatic carbocycles. The van der Waals surface area contributed by atoms with Crippen LogP contribution >= 0.6 is 0 Å². The Morgan fingerprint density at radius 3 is 2.68 bits per heavy atom. The number of nitrogens with one attached hydrogen (secondary N) is 2.